The summed E-state index contributed by atoms with van der Waals surface area (Å²) in [5.74, 6) is 1.09. The lowest BCUT2D eigenvalue weighted by molar-refractivity contribution is 0.0184. The van der Waals surface area contributed by atoms with Gasteiger partial charge in [-0.1, -0.05) is 25.5 Å². The van der Waals surface area contributed by atoms with Gasteiger partial charge in [-0.05, 0) is 36.3 Å². The summed E-state index contributed by atoms with van der Waals surface area (Å²) in [5.41, 5.74) is 7.40. The molecule has 1 unspecified atom stereocenters. The molecule has 1 fully saturated rings. The normalized spacial score (nSPS) is 19.7. The van der Waals surface area contributed by atoms with Gasteiger partial charge in [0.15, 0.2) is 0 Å². The number of thioether (sulfide) groups is 1. The van der Waals surface area contributed by atoms with Gasteiger partial charge in [-0.2, -0.15) is 0 Å². The molecule has 94 valence electrons. The number of rotatable bonds is 5. The van der Waals surface area contributed by atoms with E-state index in [1.54, 1.807) is 0 Å². The van der Waals surface area contributed by atoms with E-state index in [0.717, 1.165) is 24.2 Å². The number of hydrogen-bond acceptors (Lipinski definition) is 3. The minimum absolute atomic E-state index is 0.0260. The van der Waals surface area contributed by atoms with Crippen LogP contribution in [0.25, 0.3) is 0 Å². The molecule has 1 saturated carbocycles. The quantitative estimate of drug-likeness (QED) is 0.791. The van der Waals surface area contributed by atoms with Crippen molar-refractivity contribution in [3.05, 3.63) is 29.8 Å². The fraction of sp³-hybridized carbons (Fsp3) is 0.571. The first kappa shape index (κ1) is 12.9. The fourth-order valence-electron chi connectivity index (χ4n) is 2.49. The second-order valence-electron chi connectivity index (χ2n) is 4.85. The van der Waals surface area contributed by atoms with Crippen LogP contribution < -0.4 is 5.73 Å². The second-order valence-corrected chi connectivity index (χ2v) is 6.19. The second kappa shape index (κ2) is 5.42. The number of benzene rings is 1. The highest BCUT2D eigenvalue weighted by molar-refractivity contribution is 7.99. The van der Waals surface area contributed by atoms with E-state index < -0.39 is 0 Å². The van der Waals surface area contributed by atoms with Crippen molar-refractivity contribution in [2.24, 2.45) is 11.1 Å². The molecule has 1 aliphatic carbocycles. The lowest BCUT2D eigenvalue weighted by Crippen LogP contribution is -2.43. The Balaban J connectivity index is 2.11. The van der Waals surface area contributed by atoms with Gasteiger partial charge < -0.3 is 10.8 Å². The van der Waals surface area contributed by atoms with Gasteiger partial charge in [0.05, 0.1) is 6.61 Å². The summed E-state index contributed by atoms with van der Waals surface area (Å²) in [4.78, 5) is 1.29. The summed E-state index contributed by atoms with van der Waals surface area (Å²) in [6.07, 6.45) is 3.30. The van der Waals surface area contributed by atoms with Gasteiger partial charge in [0.25, 0.3) is 0 Å². The number of aliphatic hydroxyl groups excluding tert-OH is 1. The van der Waals surface area contributed by atoms with Crippen molar-refractivity contribution in [1.29, 1.82) is 0 Å². The number of aliphatic hydroxyl groups is 1. The summed E-state index contributed by atoms with van der Waals surface area (Å²) in [6, 6.07) is 8.46. The van der Waals surface area contributed by atoms with Crippen LogP contribution in [0.15, 0.2) is 29.2 Å². The van der Waals surface area contributed by atoms with Crippen molar-refractivity contribution in [1.82, 2.24) is 0 Å². The van der Waals surface area contributed by atoms with E-state index in [9.17, 15) is 5.11 Å². The monoisotopic (exact) mass is 251 g/mol. The third-order valence-electron chi connectivity index (χ3n) is 3.87. The minimum Gasteiger partial charge on any atom is -0.396 e. The molecule has 0 heterocycles. The van der Waals surface area contributed by atoms with Gasteiger partial charge in [-0.3, -0.25) is 0 Å². The third-order valence-corrected chi connectivity index (χ3v) is 4.77. The molecule has 2 nitrogen and oxygen atoms in total. The van der Waals surface area contributed by atoms with Crippen LogP contribution in [0, 0.1) is 5.41 Å². The SMILES string of the molecule is CCSc1ccc(C(N)C2(CO)CCC2)cc1. The maximum Gasteiger partial charge on any atom is 0.0505 e. The molecule has 3 heteroatoms. The fourth-order valence-corrected chi connectivity index (χ4v) is 3.15. The molecule has 3 N–H and O–H groups in total. The summed E-state index contributed by atoms with van der Waals surface area (Å²) >= 11 is 1.84. The first-order valence-electron chi connectivity index (χ1n) is 6.31. The third kappa shape index (κ3) is 2.51. The van der Waals surface area contributed by atoms with Crippen LogP contribution in [0.4, 0.5) is 0 Å². The molecule has 0 amide bonds. The summed E-state index contributed by atoms with van der Waals surface area (Å²) in [5, 5.41) is 9.52. The van der Waals surface area contributed by atoms with Gasteiger partial charge in [0.2, 0.25) is 0 Å². The summed E-state index contributed by atoms with van der Waals surface area (Å²) in [7, 11) is 0. The zero-order valence-electron chi connectivity index (χ0n) is 10.4. The van der Waals surface area contributed by atoms with E-state index in [0.29, 0.717) is 0 Å². The topological polar surface area (TPSA) is 46.2 Å². The Morgan fingerprint density at radius 3 is 2.41 bits per heavy atom. The average molecular weight is 251 g/mol. The predicted molar refractivity (Wildman–Crippen MR) is 73.1 cm³/mol. The molecule has 0 spiro atoms. The van der Waals surface area contributed by atoms with Crippen LogP contribution in [-0.4, -0.2) is 17.5 Å². The molecular formula is C14H21NOS. The van der Waals surface area contributed by atoms with Gasteiger partial charge in [0.1, 0.15) is 0 Å². The van der Waals surface area contributed by atoms with Crippen LogP contribution >= 0.6 is 11.8 Å². The Morgan fingerprint density at radius 1 is 1.35 bits per heavy atom. The maximum absolute atomic E-state index is 9.52. The summed E-state index contributed by atoms with van der Waals surface area (Å²) < 4.78 is 0. The minimum atomic E-state index is -0.0561. The molecule has 17 heavy (non-hydrogen) atoms. The van der Waals surface area contributed by atoms with Crippen molar-refractivity contribution in [3.8, 4) is 0 Å². The molecule has 1 atom stereocenters. The molecule has 0 aromatic heterocycles. The van der Waals surface area contributed by atoms with Crippen molar-refractivity contribution < 1.29 is 5.11 Å². The maximum atomic E-state index is 9.52. The average Bonchev–Trinajstić information content (AvgIpc) is 2.29. The van der Waals surface area contributed by atoms with Gasteiger partial charge in [-0.25, -0.2) is 0 Å². The zero-order chi connectivity index (χ0) is 12.3. The van der Waals surface area contributed by atoms with Crippen LogP contribution in [0.1, 0.15) is 37.8 Å². The lowest BCUT2D eigenvalue weighted by atomic mass is 9.63. The molecule has 1 aromatic rings. The number of nitrogens with two attached hydrogens (primary N) is 1. The van der Waals surface area contributed by atoms with Gasteiger partial charge in [0, 0.05) is 16.4 Å². The predicted octanol–water partition coefficient (Wildman–Crippen LogP) is 2.96. The highest BCUT2D eigenvalue weighted by Crippen LogP contribution is 2.48. The lowest BCUT2D eigenvalue weighted by Gasteiger charge is -2.45. The Bertz CT molecular complexity index is 353. The van der Waals surface area contributed by atoms with E-state index in [1.165, 1.54) is 11.3 Å². The van der Waals surface area contributed by atoms with Crippen molar-refractivity contribution >= 4 is 11.8 Å². The van der Waals surface area contributed by atoms with Crippen LogP contribution in [0.2, 0.25) is 0 Å². The first-order valence-corrected chi connectivity index (χ1v) is 7.29. The van der Waals surface area contributed by atoms with Crippen molar-refractivity contribution in [2.45, 2.75) is 37.1 Å². The molecule has 1 aromatic carbocycles. The Kier molecular flexibility index (Phi) is 4.13. The van der Waals surface area contributed by atoms with Crippen molar-refractivity contribution in [3.63, 3.8) is 0 Å². The molecule has 1 aliphatic rings. The molecule has 0 radical (unpaired) electrons. The zero-order valence-corrected chi connectivity index (χ0v) is 11.2. The largest absolute Gasteiger partial charge is 0.396 e. The Morgan fingerprint density at radius 2 is 2.00 bits per heavy atom. The molecule has 0 saturated heterocycles. The molecular weight excluding hydrogens is 230 g/mol. The van der Waals surface area contributed by atoms with E-state index >= 15 is 0 Å². The van der Waals surface area contributed by atoms with Crippen LogP contribution in [0.3, 0.4) is 0 Å². The van der Waals surface area contributed by atoms with E-state index in [1.807, 2.05) is 11.8 Å². The van der Waals surface area contributed by atoms with E-state index in [-0.39, 0.29) is 18.1 Å². The van der Waals surface area contributed by atoms with E-state index in [2.05, 4.69) is 31.2 Å². The number of hydrogen-bond donors (Lipinski definition) is 2. The van der Waals surface area contributed by atoms with Gasteiger partial charge >= 0.3 is 0 Å². The Hall–Kier alpha value is -0.510. The smallest absolute Gasteiger partial charge is 0.0505 e. The molecule has 0 bridgehead atoms. The summed E-state index contributed by atoms with van der Waals surface area (Å²) in [6.45, 7) is 2.36. The standard InChI is InChI=1S/C14H21NOS/c1-2-17-12-6-4-11(5-7-12)13(15)14(10-16)8-3-9-14/h4-7,13,16H,2-3,8-10,15H2,1H3. The van der Waals surface area contributed by atoms with Crippen molar-refractivity contribution in [2.75, 3.05) is 12.4 Å². The van der Waals surface area contributed by atoms with Crippen LogP contribution in [-0.2, 0) is 0 Å². The molecule has 2 rings (SSSR count). The highest BCUT2D eigenvalue weighted by atomic mass is 32.2. The van der Waals surface area contributed by atoms with Gasteiger partial charge in [-0.15, -0.1) is 11.8 Å². The van der Waals surface area contributed by atoms with E-state index in [4.69, 9.17) is 5.73 Å². The van der Waals surface area contributed by atoms with Crippen LogP contribution in [0.5, 0.6) is 0 Å². The first-order chi connectivity index (χ1) is 8.22. The Labute approximate surface area is 108 Å². The highest BCUT2D eigenvalue weighted by Gasteiger charge is 2.42. The molecule has 0 aliphatic heterocycles.